The molecule has 0 N–H and O–H groups in total. The van der Waals surface area contributed by atoms with Crippen molar-refractivity contribution < 1.29 is 14.3 Å². The highest BCUT2D eigenvalue weighted by molar-refractivity contribution is 9.10. The van der Waals surface area contributed by atoms with Crippen LogP contribution in [0.2, 0.25) is 0 Å². The molecule has 5 nitrogen and oxygen atoms in total. The van der Waals surface area contributed by atoms with Crippen molar-refractivity contribution in [3.63, 3.8) is 0 Å². The lowest BCUT2D eigenvalue weighted by atomic mass is 10.2. The summed E-state index contributed by atoms with van der Waals surface area (Å²) in [5.74, 6) is 0. The summed E-state index contributed by atoms with van der Waals surface area (Å²) in [6.45, 7) is 7.06. The smallest absolute Gasteiger partial charge is 0.410 e. The largest absolute Gasteiger partial charge is 0.444 e. The van der Waals surface area contributed by atoms with E-state index in [0.29, 0.717) is 19.7 Å². The molecule has 1 aromatic heterocycles. The van der Waals surface area contributed by atoms with Gasteiger partial charge in [0.2, 0.25) is 0 Å². The van der Waals surface area contributed by atoms with Gasteiger partial charge in [0.1, 0.15) is 16.3 Å². The molecule has 1 saturated heterocycles. The van der Waals surface area contributed by atoms with Gasteiger partial charge in [-0.05, 0) is 48.8 Å². The van der Waals surface area contributed by atoms with Gasteiger partial charge in [0.25, 0.3) is 0 Å². The van der Waals surface area contributed by atoms with Gasteiger partial charge in [0, 0.05) is 6.54 Å². The van der Waals surface area contributed by atoms with Crippen LogP contribution in [0.1, 0.15) is 32.6 Å². The van der Waals surface area contributed by atoms with E-state index in [4.69, 9.17) is 9.47 Å². The number of morpholine rings is 1. The normalized spacial score (nSPS) is 19.8. The molecule has 0 aliphatic carbocycles. The van der Waals surface area contributed by atoms with Crippen molar-refractivity contribution in [1.29, 1.82) is 0 Å². The molecular formula is C14H19BrN2O3. The average molecular weight is 343 g/mol. The van der Waals surface area contributed by atoms with Gasteiger partial charge in [-0.15, -0.1) is 0 Å². The molecule has 6 heteroatoms. The fourth-order valence-electron chi connectivity index (χ4n) is 1.92. The topological polar surface area (TPSA) is 51.7 Å². The average Bonchev–Trinajstić information content (AvgIpc) is 2.37. The van der Waals surface area contributed by atoms with Gasteiger partial charge in [-0.2, -0.15) is 0 Å². The highest BCUT2D eigenvalue weighted by Gasteiger charge is 2.29. The van der Waals surface area contributed by atoms with E-state index in [1.807, 2.05) is 39.0 Å². The quantitative estimate of drug-likeness (QED) is 0.735. The molecule has 1 aliphatic rings. The SMILES string of the molecule is CC(C)(C)OC(=O)N1CCOC(c2cccc(Br)n2)C1. The second kappa shape index (κ2) is 6.10. The minimum atomic E-state index is -0.487. The summed E-state index contributed by atoms with van der Waals surface area (Å²) in [6.07, 6.45) is -0.519. The second-order valence-electron chi connectivity index (χ2n) is 5.67. The van der Waals surface area contributed by atoms with E-state index in [2.05, 4.69) is 20.9 Å². The van der Waals surface area contributed by atoms with Crippen LogP contribution in [0.4, 0.5) is 4.79 Å². The zero-order chi connectivity index (χ0) is 14.8. The number of rotatable bonds is 1. The number of amides is 1. The maximum atomic E-state index is 12.1. The van der Waals surface area contributed by atoms with Crippen LogP contribution >= 0.6 is 15.9 Å². The van der Waals surface area contributed by atoms with Gasteiger partial charge in [0.05, 0.1) is 18.8 Å². The fourth-order valence-corrected chi connectivity index (χ4v) is 2.28. The first-order valence-corrected chi connectivity index (χ1v) is 7.36. The van der Waals surface area contributed by atoms with E-state index < -0.39 is 5.60 Å². The van der Waals surface area contributed by atoms with E-state index in [0.717, 1.165) is 10.3 Å². The molecule has 1 atom stereocenters. The first-order valence-electron chi connectivity index (χ1n) is 6.57. The van der Waals surface area contributed by atoms with E-state index in [1.54, 1.807) is 4.90 Å². The first kappa shape index (κ1) is 15.3. The van der Waals surface area contributed by atoms with Gasteiger partial charge in [-0.1, -0.05) is 6.07 Å². The lowest BCUT2D eigenvalue weighted by molar-refractivity contribution is -0.0447. The number of ether oxygens (including phenoxy) is 2. The van der Waals surface area contributed by atoms with Gasteiger partial charge in [-0.3, -0.25) is 0 Å². The molecule has 1 amide bonds. The number of hydrogen-bond acceptors (Lipinski definition) is 4. The van der Waals surface area contributed by atoms with E-state index in [9.17, 15) is 4.79 Å². The summed E-state index contributed by atoms with van der Waals surface area (Å²) in [7, 11) is 0. The molecule has 0 radical (unpaired) electrons. The lowest BCUT2D eigenvalue weighted by Gasteiger charge is -2.34. The predicted molar refractivity (Wildman–Crippen MR) is 78.4 cm³/mol. The molecule has 1 unspecified atom stereocenters. The lowest BCUT2D eigenvalue weighted by Crippen LogP contribution is -2.44. The van der Waals surface area contributed by atoms with Gasteiger partial charge in [-0.25, -0.2) is 9.78 Å². The molecule has 2 rings (SSSR count). The number of carbonyl (C=O) groups excluding carboxylic acids is 1. The third kappa shape index (κ3) is 4.18. The zero-order valence-electron chi connectivity index (χ0n) is 11.9. The van der Waals surface area contributed by atoms with Gasteiger partial charge < -0.3 is 14.4 Å². The van der Waals surface area contributed by atoms with E-state index in [1.165, 1.54) is 0 Å². The Hall–Kier alpha value is -1.14. The molecule has 110 valence electrons. The number of aromatic nitrogens is 1. The Bertz CT molecular complexity index is 488. The van der Waals surface area contributed by atoms with Crippen LogP contribution in [0.5, 0.6) is 0 Å². The highest BCUT2D eigenvalue weighted by atomic mass is 79.9. The van der Waals surface area contributed by atoms with Crippen molar-refractivity contribution in [2.45, 2.75) is 32.5 Å². The molecule has 20 heavy (non-hydrogen) atoms. The zero-order valence-corrected chi connectivity index (χ0v) is 13.5. The summed E-state index contributed by atoms with van der Waals surface area (Å²) in [6, 6.07) is 5.66. The monoisotopic (exact) mass is 342 g/mol. The molecule has 0 bridgehead atoms. The second-order valence-corrected chi connectivity index (χ2v) is 6.48. The maximum Gasteiger partial charge on any atom is 0.410 e. The summed E-state index contributed by atoms with van der Waals surface area (Å²) in [5, 5.41) is 0. The molecule has 1 aromatic rings. The van der Waals surface area contributed by atoms with Crippen LogP contribution in [0.3, 0.4) is 0 Å². The third-order valence-corrected chi connectivity index (χ3v) is 3.23. The summed E-state index contributed by atoms with van der Waals surface area (Å²) >= 11 is 3.34. The minimum absolute atomic E-state index is 0.214. The van der Waals surface area contributed by atoms with Crippen LogP contribution in [-0.4, -0.2) is 41.3 Å². The van der Waals surface area contributed by atoms with Crippen LogP contribution in [-0.2, 0) is 9.47 Å². The Labute approximate surface area is 127 Å². The highest BCUT2D eigenvalue weighted by Crippen LogP contribution is 2.23. The summed E-state index contributed by atoms with van der Waals surface area (Å²) in [4.78, 5) is 18.1. The van der Waals surface area contributed by atoms with Crippen LogP contribution in [0.15, 0.2) is 22.8 Å². The Morgan fingerprint density at radius 2 is 2.25 bits per heavy atom. The van der Waals surface area contributed by atoms with Crippen molar-refractivity contribution in [3.8, 4) is 0 Å². The van der Waals surface area contributed by atoms with Gasteiger partial charge >= 0.3 is 6.09 Å². The Morgan fingerprint density at radius 1 is 1.50 bits per heavy atom. The molecule has 0 aromatic carbocycles. The minimum Gasteiger partial charge on any atom is -0.444 e. The number of halogens is 1. The third-order valence-electron chi connectivity index (χ3n) is 2.78. The van der Waals surface area contributed by atoms with E-state index >= 15 is 0 Å². The Morgan fingerprint density at radius 3 is 2.90 bits per heavy atom. The maximum absolute atomic E-state index is 12.1. The Kier molecular flexibility index (Phi) is 4.65. The molecule has 0 saturated carbocycles. The molecule has 2 heterocycles. The molecule has 0 spiro atoms. The van der Waals surface area contributed by atoms with Crippen molar-refractivity contribution in [2.75, 3.05) is 19.7 Å². The van der Waals surface area contributed by atoms with Crippen molar-refractivity contribution in [2.24, 2.45) is 0 Å². The molecule has 1 aliphatic heterocycles. The van der Waals surface area contributed by atoms with Crippen molar-refractivity contribution in [3.05, 3.63) is 28.5 Å². The Balaban J connectivity index is 2.03. The van der Waals surface area contributed by atoms with Crippen LogP contribution in [0, 0.1) is 0 Å². The first-order chi connectivity index (χ1) is 9.35. The van der Waals surface area contributed by atoms with E-state index in [-0.39, 0.29) is 12.2 Å². The molecular weight excluding hydrogens is 324 g/mol. The van der Waals surface area contributed by atoms with Crippen LogP contribution in [0.25, 0.3) is 0 Å². The van der Waals surface area contributed by atoms with Gasteiger partial charge in [0.15, 0.2) is 0 Å². The number of pyridine rings is 1. The van der Waals surface area contributed by atoms with Crippen LogP contribution < -0.4 is 0 Å². The molecule has 1 fully saturated rings. The number of hydrogen-bond donors (Lipinski definition) is 0. The summed E-state index contributed by atoms with van der Waals surface area (Å²) in [5.41, 5.74) is 0.325. The standard InChI is InChI=1S/C14H19BrN2O3/c1-14(2,3)20-13(18)17-7-8-19-11(9-17)10-5-4-6-12(15)16-10/h4-6,11H,7-9H2,1-3H3. The fraction of sp³-hybridized carbons (Fsp3) is 0.571. The number of carbonyl (C=O) groups is 1. The summed E-state index contributed by atoms with van der Waals surface area (Å²) < 4.78 is 11.8. The van der Waals surface area contributed by atoms with Crippen molar-refractivity contribution in [1.82, 2.24) is 9.88 Å². The predicted octanol–water partition coefficient (Wildman–Crippen LogP) is 3.15. The number of nitrogens with zero attached hydrogens (tertiary/aromatic N) is 2. The van der Waals surface area contributed by atoms with Crippen molar-refractivity contribution >= 4 is 22.0 Å².